The molecule has 128 valence electrons. The SMILES string of the molecule is COc1cccc(Cn2c(C(=O)O)c(CC3CC3)c3ccccc32)c1. The minimum atomic E-state index is -0.852. The molecule has 1 aromatic heterocycles. The van der Waals surface area contributed by atoms with Crippen LogP contribution in [0.2, 0.25) is 0 Å². The zero-order valence-corrected chi connectivity index (χ0v) is 14.2. The number of hydrogen-bond acceptors (Lipinski definition) is 2. The molecule has 0 atom stereocenters. The number of carboxylic acid groups (broad SMARTS) is 1. The maximum atomic E-state index is 12.1. The van der Waals surface area contributed by atoms with Gasteiger partial charge in [0.15, 0.2) is 0 Å². The smallest absolute Gasteiger partial charge is 0.352 e. The normalized spacial score (nSPS) is 14.0. The lowest BCUT2D eigenvalue weighted by Crippen LogP contribution is -2.12. The van der Waals surface area contributed by atoms with Gasteiger partial charge in [-0.1, -0.05) is 30.3 Å². The number of carboxylic acids is 1. The molecule has 4 rings (SSSR count). The highest BCUT2D eigenvalue weighted by Crippen LogP contribution is 2.37. The number of fused-ring (bicyclic) bond motifs is 1. The Morgan fingerprint density at radius 3 is 2.72 bits per heavy atom. The second-order valence-corrected chi connectivity index (χ2v) is 6.73. The number of para-hydroxylation sites is 1. The summed E-state index contributed by atoms with van der Waals surface area (Å²) in [6.45, 7) is 0.518. The third-order valence-corrected chi connectivity index (χ3v) is 4.94. The maximum absolute atomic E-state index is 12.1. The number of benzene rings is 2. The fourth-order valence-corrected chi connectivity index (χ4v) is 3.55. The number of rotatable bonds is 6. The second-order valence-electron chi connectivity index (χ2n) is 6.73. The van der Waals surface area contributed by atoms with E-state index >= 15 is 0 Å². The van der Waals surface area contributed by atoms with Crippen molar-refractivity contribution in [1.82, 2.24) is 4.57 Å². The van der Waals surface area contributed by atoms with Gasteiger partial charge >= 0.3 is 5.97 Å². The third-order valence-electron chi connectivity index (χ3n) is 4.94. The fourth-order valence-electron chi connectivity index (χ4n) is 3.55. The molecular formula is C21H21NO3. The topological polar surface area (TPSA) is 51.5 Å². The summed E-state index contributed by atoms with van der Waals surface area (Å²) in [6.07, 6.45) is 3.26. The van der Waals surface area contributed by atoms with Crippen molar-refractivity contribution in [2.75, 3.05) is 7.11 Å². The molecule has 0 aliphatic heterocycles. The number of methoxy groups -OCH3 is 1. The van der Waals surface area contributed by atoms with Crippen LogP contribution in [0.25, 0.3) is 10.9 Å². The lowest BCUT2D eigenvalue weighted by Gasteiger charge is -2.10. The summed E-state index contributed by atoms with van der Waals surface area (Å²) in [6, 6.07) is 15.8. The largest absolute Gasteiger partial charge is 0.497 e. The fraction of sp³-hybridized carbons (Fsp3) is 0.286. The van der Waals surface area contributed by atoms with E-state index in [1.54, 1.807) is 7.11 Å². The molecule has 1 aliphatic rings. The van der Waals surface area contributed by atoms with Crippen LogP contribution in [0.3, 0.4) is 0 Å². The summed E-state index contributed by atoms with van der Waals surface area (Å²) < 4.78 is 7.23. The van der Waals surface area contributed by atoms with Gasteiger partial charge in [0.25, 0.3) is 0 Å². The van der Waals surface area contributed by atoms with Crippen LogP contribution in [0.15, 0.2) is 48.5 Å². The van der Waals surface area contributed by atoms with Crippen LogP contribution < -0.4 is 4.74 Å². The zero-order valence-electron chi connectivity index (χ0n) is 14.2. The molecule has 3 aromatic rings. The lowest BCUT2D eigenvalue weighted by atomic mass is 10.0. The first-order valence-corrected chi connectivity index (χ1v) is 8.63. The Morgan fingerprint density at radius 1 is 1.20 bits per heavy atom. The van der Waals surface area contributed by atoms with E-state index in [1.165, 1.54) is 12.8 Å². The van der Waals surface area contributed by atoms with Crippen LogP contribution in [-0.2, 0) is 13.0 Å². The average molecular weight is 335 g/mol. The zero-order chi connectivity index (χ0) is 17.4. The predicted octanol–water partition coefficient (Wildman–Crippen LogP) is 4.35. The van der Waals surface area contributed by atoms with E-state index in [1.807, 2.05) is 53.1 Å². The van der Waals surface area contributed by atoms with Gasteiger partial charge in [-0.25, -0.2) is 4.79 Å². The van der Waals surface area contributed by atoms with E-state index in [9.17, 15) is 9.90 Å². The second kappa shape index (κ2) is 6.28. The highest BCUT2D eigenvalue weighted by molar-refractivity contribution is 5.98. The maximum Gasteiger partial charge on any atom is 0.352 e. The lowest BCUT2D eigenvalue weighted by molar-refractivity contribution is 0.0685. The van der Waals surface area contributed by atoms with Crippen molar-refractivity contribution >= 4 is 16.9 Å². The summed E-state index contributed by atoms with van der Waals surface area (Å²) >= 11 is 0. The van der Waals surface area contributed by atoms with Gasteiger partial charge in [-0.3, -0.25) is 0 Å². The average Bonchev–Trinajstić information content (AvgIpc) is 3.39. The van der Waals surface area contributed by atoms with Crippen LogP contribution in [0.1, 0.15) is 34.5 Å². The van der Waals surface area contributed by atoms with E-state index < -0.39 is 5.97 Å². The molecule has 0 bridgehead atoms. The van der Waals surface area contributed by atoms with Gasteiger partial charge in [0.05, 0.1) is 7.11 Å². The minimum absolute atomic E-state index is 0.427. The number of aromatic nitrogens is 1. The summed E-state index contributed by atoms with van der Waals surface area (Å²) in [5.41, 5.74) is 3.42. The number of aromatic carboxylic acids is 1. The molecule has 25 heavy (non-hydrogen) atoms. The summed E-state index contributed by atoms with van der Waals surface area (Å²) in [5, 5.41) is 11.0. The molecule has 1 heterocycles. The molecule has 0 amide bonds. The van der Waals surface area contributed by atoms with Crippen LogP contribution in [0.5, 0.6) is 5.75 Å². The van der Waals surface area contributed by atoms with Crippen LogP contribution >= 0.6 is 0 Å². The highest BCUT2D eigenvalue weighted by Gasteiger charge is 2.28. The van der Waals surface area contributed by atoms with E-state index in [2.05, 4.69) is 0 Å². The first-order chi connectivity index (χ1) is 12.2. The highest BCUT2D eigenvalue weighted by atomic mass is 16.5. The molecule has 4 heteroatoms. The first kappa shape index (κ1) is 15.8. The van der Waals surface area contributed by atoms with Gasteiger partial charge in [-0.2, -0.15) is 0 Å². The van der Waals surface area contributed by atoms with E-state index in [0.29, 0.717) is 18.2 Å². The molecule has 4 nitrogen and oxygen atoms in total. The van der Waals surface area contributed by atoms with Gasteiger partial charge in [-0.15, -0.1) is 0 Å². The molecule has 1 fully saturated rings. The van der Waals surface area contributed by atoms with Crippen LogP contribution in [0.4, 0.5) is 0 Å². The molecule has 0 saturated heterocycles. The third kappa shape index (κ3) is 3.00. The van der Waals surface area contributed by atoms with Crippen molar-refractivity contribution < 1.29 is 14.6 Å². The van der Waals surface area contributed by atoms with Gasteiger partial charge in [0.2, 0.25) is 0 Å². The van der Waals surface area contributed by atoms with E-state index in [-0.39, 0.29) is 0 Å². The molecule has 1 saturated carbocycles. The van der Waals surface area contributed by atoms with Gasteiger partial charge in [-0.05, 0) is 54.5 Å². The Morgan fingerprint density at radius 2 is 2.00 bits per heavy atom. The van der Waals surface area contributed by atoms with Crippen molar-refractivity contribution in [1.29, 1.82) is 0 Å². The van der Waals surface area contributed by atoms with Crippen molar-refractivity contribution in [3.63, 3.8) is 0 Å². The molecule has 0 radical (unpaired) electrons. The summed E-state index contributed by atoms with van der Waals surface area (Å²) in [4.78, 5) is 12.1. The number of ether oxygens (including phenoxy) is 1. The summed E-state index contributed by atoms with van der Waals surface area (Å²) in [5.74, 6) is 0.563. The number of hydrogen-bond donors (Lipinski definition) is 1. The quantitative estimate of drug-likeness (QED) is 0.728. The van der Waals surface area contributed by atoms with Gasteiger partial charge in [0, 0.05) is 17.4 Å². The molecule has 1 aliphatic carbocycles. The number of carbonyl (C=O) groups is 1. The molecule has 2 aromatic carbocycles. The molecule has 0 spiro atoms. The minimum Gasteiger partial charge on any atom is -0.497 e. The van der Waals surface area contributed by atoms with E-state index in [4.69, 9.17) is 4.74 Å². The van der Waals surface area contributed by atoms with Gasteiger partial charge < -0.3 is 14.4 Å². The van der Waals surface area contributed by atoms with Crippen LogP contribution in [0, 0.1) is 5.92 Å². The van der Waals surface area contributed by atoms with E-state index in [0.717, 1.165) is 34.2 Å². The Kier molecular flexibility index (Phi) is 3.96. The van der Waals surface area contributed by atoms with Crippen LogP contribution in [-0.4, -0.2) is 22.8 Å². The Balaban J connectivity index is 1.86. The monoisotopic (exact) mass is 335 g/mol. The molecule has 1 N–H and O–H groups in total. The van der Waals surface area contributed by atoms with Crippen molar-refractivity contribution in [3.05, 3.63) is 65.4 Å². The predicted molar refractivity (Wildman–Crippen MR) is 97.4 cm³/mol. The van der Waals surface area contributed by atoms with Crippen molar-refractivity contribution in [3.8, 4) is 5.75 Å². The standard InChI is InChI=1S/C21H21NO3/c1-25-16-6-4-5-15(11-16)13-22-19-8-3-2-7-17(19)18(12-14-9-10-14)20(22)21(23)24/h2-8,11,14H,9-10,12-13H2,1H3,(H,23,24). The Labute approximate surface area is 146 Å². The van der Waals surface area contributed by atoms with Crippen molar-refractivity contribution in [2.45, 2.75) is 25.8 Å². The summed E-state index contributed by atoms with van der Waals surface area (Å²) in [7, 11) is 1.64. The molecule has 0 unspecified atom stereocenters. The Hall–Kier alpha value is -2.75. The Bertz CT molecular complexity index is 937. The van der Waals surface area contributed by atoms with Gasteiger partial charge in [0.1, 0.15) is 11.4 Å². The molecular weight excluding hydrogens is 314 g/mol. The van der Waals surface area contributed by atoms with Crippen molar-refractivity contribution in [2.24, 2.45) is 5.92 Å². The number of nitrogens with zero attached hydrogens (tertiary/aromatic N) is 1. The first-order valence-electron chi connectivity index (χ1n) is 8.63.